The SMILES string of the molecule is COc1ccc(S(=O)(=O)NC(C)C(=O)N2CCOC(C)C2)cc1. The lowest BCUT2D eigenvalue weighted by molar-refractivity contribution is -0.139. The molecule has 7 nitrogen and oxygen atoms in total. The van der Waals surface area contributed by atoms with Crippen molar-refractivity contribution in [1.82, 2.24) is 9.62 Å². The van der Waals surface area contributed by atoms with E-state index in [1.165, 1.54) is 19.2 Å². The Balaban J connectivity index is 2.04. The van der Waals surface area contributed by atoms with Crippen LogP contribution in [0.5, 0.6) is 5.75 Å². The minimum absolute atomic E-state index is 0.0434. The van der Waals surface area contributed by atoms with Crippen molar-refractivity contribution in [2.45, 2.75) is 30.9 Å². The van der Waals surface area contributed by atoms with E-state index in [-0.39, 0.29) is 16.9 Å². The fraction of sp³-hybridized carbons (Fsp3) is 0.533. The van der Waals surface area contributed by atoms with Crippen molar-refractivity contribution in [3.05, 3.63) is 24.3 Å². The zero-order valence-electron chi connectivity index (χ0n) is 13.5. The highest BCUT2D eigenvalue weighted by molar-refractivity contribution is 7.89. The Morgan fingerprint density at radius 2 is 2.04 bits per heavy atom. The second-order valence-corrected chi connectivity index (χ2v) is 7.20. The van der Waals surface area contributed by atoms with Crippen LogP contribution in [0.25, 0.3) is 0 Å². The van der Waals surface area contributed by atoms with Gasteiger partial charge in [0.1, 0.15) is 5.75 Å². The first-order chi connectivity index (χ1) is 10.8. The number of carbonyl (C=O) groups is 1. The van der Waals surface area contributed by atoms with Gasteiger partial charge < -0.3 is 14.4 Å². The van der Waals surface area contributed by atoms with Gasteiger partial charge >= 0.3 is 0 Å². The van der Waals surface area contributed by atoms with E-state index >= 15 is 0 Å². The molecule has 1 heterocycles. The normalized spacial score (nSPS) is 20.1. The lowest BCUT2D eigenvalue weighted by Crippen LogP contribution is -2.52. The van der Waals surface area contributed by atoms with Crippen molar-refractivity contribution in [3.8, 4) is 5.75 Å². The maximum atomic E-state index is 12.4. The molecule has 1 aromatic carbocycles. The predicted octanol–water partition coefficient (Wildman–Crippen LogP) is 0.609. The molecule has 0 aliphatic carbocycles. The molecule has 2 unspecified atom stereocenters. The van der Waals surface area contributed by atoms with Crippen LogP contribution < -0.4 is 9.46 Å². The molecule has 0 saturated carbocycles. The Labute approximate surface area is 136 Å². The Hall–Kier alpha value is -1.64. The van der Waals surface area contributed by atoms with E-state index in [9.17, 15) is 13.2 Å². The van der Waals surface area contributed by atoms with E-state index < -0.39 is 16.1 Å². The highest BCUT2D eigenvalue weighted by Crippen LogP contribution is 2.16. The van der Waals surface area contributed by atoms with Gasteiger partial charge in [0.15, 0.2) is 0 Å². The van der Waals surface area contributed by atoms with Gasteiger partial charge in [-0.05, 0) is 38.1 Å². The third-order valence-corrected chi connectivity index (χ3v) is 5.18. The summed E-state index contributed by atoms with van der Waals surface area (Å²) in [6.45, 7) is 4.82. The van der Waals surface area contributed by atoms with Crippen molar-refractivity contribution >= 4 is 15.9 Å². The monoisotopic (exact) mass is 342 g/mol. The average Bonchev–Trinajstić information content (AvgIpc) is 2.53. The topological polar surface area (TPSA) is 84.9 Å². The summed E-state index contributed by atoms with van der Waals surface area (Å²) in [4.78, 5) is 14.1. The van der Waals surface area contributed by atoms with Crippen molar-refractivity contribution in [2.24, 2.45) is 0 Å². The maximum Gasteiger partial charge on any atom is 0.241 e. The molecule has 128 valence electrons. The summed E-state index contributed by atoms with van der Waals surface area (Å²) in [6, 6.07) is 5.16. The van der Waals surface area contributed by atoms with Crippen LogP contribution in [-0.2, 0) is 19.6 Å². The molecule has 1 N–H and O–H groups in total. The minimum atomic E-state index is -3.77. The molecule has 1 aliphatic heterocycles. The zero-order chi connectivity index (χ0) is 17.0. The Bertz CT molecular complexity index is 644. The first-order valence-electron chi connectivity index (χ1n) is 7.40. The van der Waals surface area contributed by atoms with Gasteiger partial charge in [0.05, 0.1) is 30.8 Å². The van der Waals surface area contributed by atoms with Gasteiger partial charge in [-0.15, -0.1) is 0 Å². The summed E-state index contributed by atoms with van der Waals surface area (Å²) >= 11 is 0. The van der Waals surface area contributed by atoms with E-state index in [0.717, 1.165) is 0 Å². The largest absolute Gasteiger partial charge is 0.497 e. The van der Waals surface area contributed by atoms with Crippen molar-refractivity contribution in [1.29, 1.82) is 0 Å². The molecule has 1 amide bonds. The Morgan fingerprint density at radius 1 is 1.39 bits per heavy atom. The predicted molar refractivity (Wildman–Crippen MR) is 84.8 cm³/mol. The van der Waals surface area contributed by atoms with Crippen LogP contribution in [0.1, 0.15) is 13.8 Å². The van der Waals surface area contributed by atoms with Gasteiger partial charge in [0.2, 0.25) is 15.9 Å². The summed E-state index contributed by atoms with van der Waals surface area (Å²) in [5.41, 5.74) is 0. The Kier molecular flexibility index (Phi) is 5.61. The summed E-state index contributed by atoms with van der Waals surface area (Å²) in [5.74, 6) is 0.313. The van der Waals surface area contributed by atoms with Crippen molar-refractivity contribution < 1.29 is 22.7 Å². The molecule has 8 heteroatoms. The molecular weight excluding hydrogens is 320 g/mol. The molecule has 2 rings (SSSR count). The van der Waals surface area contributed by atoms with Crippen LogP contribution in [0.4, 0.5) is 0 Å². The third kappa shape index (κ3) is 4.43. The highest BCUT2D eigenvalue weighted by Gasteiger charge is 2.28. The summed E-state index contributed by atoms with van der Waals surface area (Å²) < 4.78 is 37.5. The van der Waals surface area contributed by atoms with Gasteiger partial charge in [0.25, 0.3) is 0 Å². The maximum absolute atomic E-state index is 12.4. The first kappa shape index (κ1) is 17.7. The smallest absolute Gasteiger partial charge is 0.241 e. The standard InChI is InChI=1S/C15H22N2O5S/c1-11-10-17(8-9-22-11)15(18)12(2)16-23(19,20)14-6-4-13(21-3)5-7-14/h4-7,11-12,16H,8-10H2,1-3H3. The van der Waals surface area contributed by atoms with E-state index in [2.05, 4.69) is 4.72 Å². The van der Waals surface area contributed by atoms with Gasteiger partial charge in [-0.25, -0.2) is 8.42 Å². The number of amides is 1. The molecule has 1 aromatic rings. The molecule has 0 aromatic heterocycles. The molecule has 2 atom stereocenters. The number of benzene rings is 1. The van der Waals surface area contributed by atoms with Crippen LogP contribution >= 0.6 is 0 Å². The quantitative estimate of drug-likeness (QED) is 0.847. The molecule has 1 fully saturated rings. The van der Waals surface area contributed by atoms with Crippen LogP contribution in [-0.4, -0.2) is 58.2 Å². The number of hydrogen-bond donors (Lipinski definition) is 1. The van der Waals surface area contributed by atoms with Gasteiger partial charge in [-0.3, -0.25) is 4.79 Å². The molecule has 1 saturated heterocycles. The number of sulfonamides is 1. The van der Waals surface area contributed by atoms with Gasteiger partial charge in [0, 0.05) is 13.1 Å². The molecular formula is C15H22N2O5S. The van der Waals surface area contributed by atoms with Crippen LogP contribution in [0, 0.1) is 0 Å². The van der Waals surface area contributed by atoms with E-state index in [1.54, 1.807) is 24.0 Å². The fourth-order valence-electron chi connectivity index (χ4n) is 2.40. The number of morpholine rings is 1. The summed E-state index contributed by atoms with van der Waals surface area (Å²) in [5, 5.41) is 0. The number of nitrogens with zero attached hydrogens (tertiary/aromatic N) is 1. The lowest BCUT2D eigenvalue weighted by atomic mass is 10.2. The van der Waals surface area contributed by atoms with Crippen LogP contribution in [0.15, 0.2) is 29.2 Å². The summed E-state index contributed by atoms with van der Waals surface area (Å²) in [6.07, 6.45) is -0.0434. The van der Waals surface area contributed by atoms with E-state index in [1.807, 2.05) is 6.92 Å². The third-order valence-electron chi connectivity index (χ3n) is 3.62. The number of carbonyl (C=O) groups excluding carboxylic acids is 1. The number of rotatable bonds is 5. The molecule has 23 heavy (non-hydrogen) atoms. The summed E-state index contributed by atoms with van der Waals surface area (Å²) in [7, 11) is -2.26. The Morgan fingerprint density at radius 3 is 2.61 bits per heavy atom. The average molecular weight is 342 g/mol. The van der Waals surface area contributed by atoms with E-state index in [0.29, 0.717) is 25.4 Å². The van der Waals surface area contributed by atoms with Crippen molar-refractivity contribution in [3.63, 3.8) is 0 Å². The van der Waals surface area contributed by atoms with Crippen LogP contribution in [0.2, 0.25) is 0 Å². The van der Waals surface area contributed by atoms with Gasteiger partial charge in [-0.2, -0.15) is 4.72 Å². The van der Waals surface area contributed by atoms with Crippen LogP contribution in [0.3, 0.4) is 0 Å². The molecule has 0 bridgehead atoms. The highest BCUT2D eigenvalue weighted by atomic mass is 32.2. The second-order valence-electron chi connectivity index (χ2n) is 5.48. The van der Waals surface area contributed by atoms with Gasteiger partial charge in [-0.1, -0.05) is 0 Å². The number of hydrogen-bond acceptors (Lipinski definition) is 5. The molecule has 0 radical (unpaired) electrons. The lowest BCUT2D eigenvalue weighted by Gasteiger charge is -2.33. The second kappa shape index (κ2) is 7.29. The minimum Gasteiger partial charge on any atom is -0.497 e. The number of ether oxygens (including phenoxy) is 2. The number of nitrogens with one attached hydrogen (secondary N) is 1. The zero-order valence-corrected chi connectivity index (χ0v) is 14.3. The van der Waals surface area contributed by atoms with Crippen molar-refractivity contribution in [2.75, 3.05) is 26.8 Å². The van der Waals surface area contributed by atoms with E-state index in [4.69, 9.17) is 9.47 Å². The first-order valence-corrected chi connectivity index (χ1v) is 8.88. The fourth-order valence-corrected chi connectivity index (χ4v) is 3.60. The molecule has 1 aliphatic rings. The molecule has 0 spiro atoms. The number of methoxy groups -OCH3 is 1.